The number of aliphatic carboxylic acids is 1. The second-order valence-corrected chi connectivity index (χ2v) is 5.05. The molecular formula is C14H14N2O2S. The normalized spacial score (nSPS) is 10.8. The first kappa shape index (κ1) is 13.3. The van der Waals surface area contributed by atoms with Crippen LogP contribution in [0.1, 0.15) is 5.69 Å². The first-order valence-electron chi connectivity index (χ1n) is 5.70. The molecule has 2 aromatic rings. The zero-order valence-corrected chi connectivity index (χ0v) is 11.5. The van der Waals surface area contributed by atoms with Gasteiger partial charge >= 0.3 is 5.97 Å². The smallest absolute Gasteiger partial charge is 0.328 e. The van der Waals surface area contributed by atoms with Gasteiger partial charge in [0.1, 0.15) is 5.01 Å². The van der Waals surface area contributed by atoms with Crippen LogP contribution in [0.25, 0.3) is 16.6 Å². The predicted octanol–water partition coefficient (Wildman–Crippen LogP) is 2.97. The lowest BCUT2D eigenvalue weighted by molar-refractivity contribution is -0.131. The number of carboxylic acids is 1. The molecule has 0 aliphatic rings. The van der Waals surface area contributed by atoms with E-state index in [0.29, 0.717) is 5.69 Å². The molecule has 1 aromatic carbocycles. The molecule has 0 amide bonds. The monoisotopic (exact) mass is 274 g/mol. The standard InChI is InChI=1S/C14H14N2O2S/c1-16(2)12-6-3-10(4-7-12)14-15-11(9-19-14)5-8-13(17)18/h3-9H,1-2H3,(H,17,18)/b8-5+. The lowest BCUT2D eigenvalue weighted by Gasteiger charge is -2.11. The van der Waals surface area contributed by atoms with E-state index in [9.17, 15) is 4.79 Å². The van der Waals surface area contributed by atoms with Gasteiger partial charge in [-0.25, -0.2) is 9.78 Å². The van der Waals surface area contributed by atoms with E-state index < -0.39 is 5.97 Å². The Morgan fingerprint density at radius 3 is 2.58 bits per heavy atom. The number of aromatic nitrogens is 1. The maximum absolute atomic E-state index is 10.4. The second kappa shape index (κ2) is 5.67. The molecule has 4 nitrogen and oxygen atoms in total. The van der Waals surface area contributed by atoms with Gasteiger partial charge in [-0.1, -0.05) is 0 Å². The number of thiazole rings is 1. The minimum Gasteiger partial charge on any atom is -0.478 e. The fourth-order valence-corrected chi connectivity index (χ4v) is 2.35. The van der Waals surface area contributed by atoms with Crippen molar-refractivity contribution in [2.24, 2.45) is 0 Å². The zero-order valence-electron chi connectivity index (χ0n) is 10.7. The summed E-state index contributed by atoms with van der Waals surface area (Å²) in [4.78, 5) is 16.9. The topological polar surface area (TPSA) is 53.4 Å². The van der Waals surface area contributed by atoms with Crippen LogP contribution in [0.4, 0.5) is 5.69 Å². The molecule has 0 fully saturated rings. The van der Waals surface area contributed by atoms with Crippen LogP contribution >= 0.6 is 11.3 Å². The van der Waals surface area contributed by atoms with Gasteiger partial charge in [0.2, 0.25) is 0 Å². The zero-order chi connectivity index (χ0) is 13.8. The SMILES string of the molecule is CN(C)c1ccc(-c2nc(/C=C/C(=O)O)cs2)cc1. The average molecular weight is 274 g/mol. The van der Waals surface area contributed by atoms with Crippen LogP contribution in [-0.2, 0) is 4.79 Å². The molecular weight excluding hydrogens is 260 g/mol. The van der Waals surface area contributed by atoms with E-state index in [1.807, 2.05) is 48.6 Å². The fraction of sp³-hybridized carbons (Fsp3) is 0.143. The molecule has 1 N–H and O–H groups in total. The Balaban J connectivity index is 2.20. The summed E-state index contributed by atoms with van der Waals surface area (Å²) in [7, 11) is 3.99. The lowest BCUT2D eigenvalue weighted by Crippen LogP contribution is -2.07. The maximum atomic E-state index is 10.4. The summed E-state index contributed by atoms with van der Waals surface area (Å²) in [5.74, 6) is -0.968. The summed E-state index contributed by atoms with van der Waals surface area (Å²) in [5, 5.41) is 11.3. The number of rotatable bonds is 4. The molecule has 1 aromatic heterocycles. The Bertz CT molecular complexity index is 600. The summed E-state index contributed by atoms with van der Waals surface area (Å²) in [6.45, 7) is 0. The Kier molecular flexibility index (Phi) is 3.97. The highest BCUT2D eigenvalue weighted by molar-refractivity contribution is 7.13. The molecule has 1 heterocycles. The number of benzene rings is 1. The summed E-state index contributed by atoms with van der Waals surface area (Å²) in [6, 6.07) is 8.09. The number of hydrogen-bond donors (Lipinski definition) is 1. The highest BCUT2D eigenvalue weighted by Gasteiger charge is 2.04. The van der Waals surface area contributed by atoms with Crippen molar-refractivity contribution in [1.29, 1.82) is 0 Å². The van der Waals surface area contributed by atoms with E-state index in [2.05, 4.69) is 4.98 Å². The molecule has 0 radical (unpaired) electrons. The first-order chi connectivity index (χ1) is 9.06. The maximum Gasteiger partial charge on any atom is 0.328 e. The fourth-order valence-electron chi connectivity index (χ4n) is 1.55. The van der Waals surface area contributed by atoms with Crippen LogP contribution in [0.5, 0.6) is 0 Å². The van der Waals surface area contributed by atoms with E-state index in [1.54, 1.807) is 0 Å². The average Bonchev–Trinajstić information content (AvgIpc) is 2.85. The van der Waals surface area contributed by atoms with Gasteiger partial charge in [-0.15, -0.1) is 11.3 Å². The highest BCUT2D eigenvalue weighted by atomic mass is 32.1. The molecule has 0 aliphatic carbocycles. The number of nitrogens with zero attached hydrogens (tertiary/aromatic N) is 2. The van der Waals surface area contributed by atoms with Gasteiger partial charge in [0, 0.05) is 36.8 Å². The molecule has 0 bridgehead atoms. The van der Waals surface area contributed by atoms with Gasteiger partial charge in [-0.3, -0.25) is 0 Å². The molecule has 0 saturated carbocycles. The molecule has 2 rings (SSSR count). The minimum absolute atomic E-state index is 0.666. The van der Waals surface area contributed by atoms with Gasteiger partial charge in [-0.05, 0) is 30.3 Å². The van der Waals surface area contributed by atoms with Crippen molar-refractivity contribution in [3.05, 3.63) is 41.4 Å². The van der Waals surface area contributed by atoms with Crippen LogP contribution in [0.2, 0.25) is 0 Å². The molecule has 19 heavy (non-hydrogen) atoms. The quantitative estimate of drug-likeness (QED) is 0.871. The molecule has 98 valence electrons. The van der Waals surface area contributed by atoms with Crippen LogP contribution in [0, 0.1) is 0 Å². The van der Waals surface area contributed by atoms with Gasteiger partial charge in [0.25, 0.3) is 0 Å². The van der Waals surface area contributed by atoms with Crippen molar-refractivity contribution >= 4 is 29.1 Å². The van der Waals surface area contributed by atoms with Crippen LogP contribution in [0.3, 0.4) is 0 Å². The minimum atomic E-state index is -0.968. The van der Waals surface area contributed by atoms with Crippen molar-refractivity contribution in [3.63, 3.8) is 0 Å². The third-order valence-corrected chi connectivity index (χ3v) is 3.46. The van der Waals surface area contributed by atoms with Crippen molar-refractivity contribution in [2.75, 3.05) is 19.0 Å². The first-order valence-corrected chi connectivity index (χ1v) is 6.58. The third-order valence-electron chi connectivity index (χ3n) is 2.55. The van der Waals surface area contributed by atoms with E-state index in [0.717, 1.165) is 22.3 Å². The number of carboxylic acid groups (broad SMARTS) is 1. The van der Waals surface area contributed by atoms with E-state index in [1.165, 1.54) is 17.4 Å². The van der Waals surface area contributed by atoms with Crippen LogP contribution in [0.15, 0.2) is 35.7 Å². The Hall–Kier alpha value is -2.14. The number of anilines is 1. The van der Waals surface area contributed by atoms with Crippen LogP contribution in [-0.4, -0.2) is 30.2 Å². The molecule has 0 aliphatic heterocycles. The van der Waals surface area contributed by atoms with Crippen molar-refractivity contribution < 1.29 is 9.90 Å². The lowest BCUT2D eigenvalue weighted by atomic mass is 10.2. The molecule has 0 saturated heterocycles. The summed E-state index contributed by atoms with van der Waals surface area (Å²) in [6.07, 6.45) is 2.59. The molecule has 5 heteroatoms. The van der Waals surface area contributed by atoms with Crippen molar-refractivity contribution in [2.45, 2.75) is 0 Å². The number of hydrogen-bond acceptors (Lipinski definition) is 4. The van der Waals surface area contributed by atoms with E-state index >= 15 is 0 Å². The largest absolute Gasteiger partial charge is 0.478 e. The predicted molar refractivity (Wildman–Crippen MR) is 78.5 cm³/mol. The molecule has 0 unspecified atom stereocenters. The Morgan fingerprint density at radius 2 is 2.00 bits per heavy atom. The van der Waals surface area contributed by atoms with Crippen molar-refractivity contribution in [1.82, 2.24) is 4.98 Å². The second-order valence-electron chi connectivity index (χ2n) is 4.19. The van der Waals surface area contributed by atoms with E-state index in [4.69, 9.17) is 5.11 Å². The summed E-state index contributed by atoms with van der Waals surface area (Å²) in [5.41, 5.74) is 2.83. The summed E-state index contributed by atoms with van der Waals surface area (Å²) >= 11 is 1.50. The molecule has 0 spiro atoms. The van der Waals surface area contributed by atoms with Gasteiger partial charge in [0.05, 0.1) is 5.69 Å². The van der Waals surface area contributed by atoms with Gasteiger partial charge < -0.3 is 10.0 Å². The van der Waals surface area contributed by atoms with Crippen molar-refractivity contribution in [3.8, 4) is 10.6 Å². The third kappa shape index (κ3) is 3.42. The Morgan fingerprint density at radius 1 is 1.32 bits per heavy atom. The highest BCUT2D eigenvalue weighted by Crippen LogP contribution is 2.26. The number of carbonyl (C=O) groups is 1. The molecule has 0 atom stereocenters. The van der Waals surface area contributed by atoms with Crippen LogP contribution < -0.4 is 4.90 Å². The Labute approximate surface area is 115 Å². The van der Waals surface area contributed by atoms with E-state index in [-0.39, 0.29) is 0 Å². The summed E-state index contributed by atoms with van der Waals surface area (Å²) < 4.78 is 0. The van der Waals surface area contributed by atoms with Gasteiger partial charge in [-0.2, -0.15) is 0 Å². The van der Waals surface area contributed by atoms with Gasteiger partial charge in [0.15, 0.2) is 0 Å².